The van der Waals surface area contributed by atoms with Crippen molar-refractivity contribution in [3.63, 3.8) is 0 Å². The minimum Gasteiger partial charge on any atom is -0.341 e. The number of halogens is 1. The molecule has 1 saturated heterocycles. The van der Waals surface area contributed by atoms with E-state index in [9.17, 15) is 0 Å². The maximum atomic E-state index is 6.21. The lowest BCUT2D eigenvalue weighted by Gasteiger charge is -2.27. The van der Waals surface area contributed by atoms with E-state index in [0.29, 0.717) is 5.25 Å². The molecule has 0 amide bonds. The van der Waals surface area contributed by atoms with E-state index >= 15 is 0 Å². The second-order valence-electron chi connectivity index (χ2n) is 5.69. The summed E-state index contributed by atoms with van der Waals surface area (Å²) in [4.78, 5) is 11.9. The van der Waals surface area contributed by atoms with Crippen LogP contribution < -0.4 is 0 Å². The molecule has 0 radical (unpaired) electrons. The van der Waals surface area contributed by atoms with Crippen molar-refractivity contribution in [3.8, 4) is 0 Å². The molecule has 0 saturated carbocycles. The van der Waals surface area contributed by atoms with Crippen molar-refractivity contribution in [1.82, 2.24) is 9.88 Å². The number of amidine groups is 1. The first kappa shape index (κ1) is 14.1. The number of hydrogen-bond acceptors (Lipinski definition) is 4. The molecule has 0 N–H and O–H groups in total. The van der Waals surface area contributed by atoms with Gasteiger partial charge in [0, 0.05) is 23.0 Å². The van der Waals surface area contributed by atoms with Crippen molar-refractivity contribution in [1.29, 1.82) is 0 Å². The summed E-state index contributed by atoms with van der Waals surface area (Å²) in [5, 5.41) is 2.48. The van der Waals surface area contributed by atoms with Crippen molar-refractivity contribution in [2.24, 2.45) is 4.99 Å². The van der Waals surface area contributed by atoms with Gasteiger partial charge in [-0.3, -0.25) is 9.98 Å². The van der Waals surface area contributed by atoms with Gasteiger partial charge in [0.25, 0.3) is 0 Å². The lowest BCUT2D eigenvalue weighted by molar-refractivity contribution is 0.321. The summed E-state index contributed by atoms with van der Waals surface area (Å²) in [7, 11) is 0. The van der Waals surface area contributed by atoms with Crippen LogP contribution in [0.25, 0.3) is 0 Å². The number of pyridine rings is 1. The Bertz CT molecular complexity index is 719. The molecule has 5 heteroatoms. The SMILES string of the molecule is C[C@H]1CN2C(=N[C@H](c3ccccn3)[C@@H]2c2cccc(Cl)c2)S1. The highest BCUT2D eigenvalue weighted by molar-refractivity contribution is 8.14. The summed E-state index contributed by atoms with van der Waals surface area (Å²) < 4.78 is 0. The number of rotatable bonds is 2. The Morgan fingerprint density at radius 2 is 2.14 bits per heavy atom. The zero-order valence-corrected chi connectivity index (χ0v) is 13.8. The fourth-order valence-electron chi connectivity index (χ4n) is 3.17. The first-order valence-corrected chi connectivity index (χ1v) is 8.65. The molecule has 2 aliphatic rings. The molecule has 3 atom stereocenters. The van der Waals surface area contributed by atoms with Crippen LogP contribution >= 0.6 is 23.4 Å². The van der Waals surface area contributed by atoms with Gasteiger partial charge in [0.05, 0.1) is 11.7 Å². The molecule has 112 valence electrons. The van der Waals surface area contributed by atoms with Crippen LogP contribution in [-0.4, -0.2) is 26.8 Å². The predicted octanol–water partition coefficient (Wildman–Crippen LogP) is 4.32. The summed E-state index contributed by atoms with van der Waals surface area (Å²) in [6, 6.07) is 14.4. The number of benzene rings is 1. The first-order chi connectivity index (χ1) is 10.7. The normalized spacial score (nSPS) is 26.9. The molecule has 3 nitrogen and oxygen atoms in total. The highest BCUT2D eigenvalue weighted by Crippen LogP contribution is 2.47. The van der Waals surface area contributed by atoms with Crippen LogP contribution in [0.2, 0.25) is 5.02 Å². The fourth-order valence-corrected chi connectivity index (χ4v) is 4.46. The smallest absolute Gasteiger partial charge is 0.160 e. The molecule has 1 aromatic carbocycles. The zero-order chi connectivity index (χ0) is 15.1. The molecule has 4 rings (SSSR count). The summed E-state index contributed by atoms with van der Waals surface area (Å²) >= 11 is 8.06. The Kier molecular flexibility index (Phi) is 3.59. The molecule has 0 aliphatic carbocycles. The van der Waals surface area contributed by atoms with Crippen molar-refractivity contribution in [3.05, 3.63) is 64.9 Å². The van der Waals surface area contributed by atoms with Gasteiger partial charge in [0.2, 0.25) is 0 Å². The molecule has 0 bridgehead atoms. The van der Waals surface area contributed by atoms with Gasteiger partial charge in [0.15, 0.2) is 5.17 Å². The average Bonchev–Trinajstić information content (AvgIpc) is 3.04. The molecule has 1 fully saturated rings. The Labute approximate surface area is 139 Å². The average molecular weight is 330 g/mol. The van der Waals surface area contributed by atoms with Crippen molar-refractivity contribution in [2.45, 2.75) is 24.3 Å². The number of nitrogens with zero attached hydrogens (tertiary/aromatic N) is 3. The molecule has 0 unspecified atom stereocenters. The van der Waals surface area contributed by atoms with E-state index in [1.165, 1.54) is 5.56 Å². The van der Waals surface area contributed by atoms with E-state index < -0.39 is 0 Å². The zero-order valence-electron chi connectivity index (χ0n) is 12.2. The van der Waals surface area contributed by atoms with Gasteiger partial charge >= 0.3 is 0 Å². The van der Waals surface area contributed by atoms with E-state index in [0.717, 1.165) is 22.4 Å². The lowest BCUT2D eigenvalue weighted by atomic mass is 9.96. The number of aliphatic imine (C=N–C) groups is 1. The molecule has 1 aromatic heterocycles. The largest absolute Gasteiger partial charge is 0.341 e. The molecular formula is C17H16ClN3S. The molecular weight excluding hydrogens is 314 g/mol. The summed E-state index contributed by atoms with van der Waals surface area (Å²) in [5.74, 6) is 0. The fraction of sp³-hybridized carbons (Fsp3) is 0.294. The van der Waals surface area contributed by atoms with E-state index in [2.05, 4.69) is 28.9 Å². The second-order valence-corrected chi connectivity index (χ2v) is 7.53. The summed E-state index contributed by atoms with van der Waals surface area (Å²) in [5.41, 5.74) is 2.22. The number of thioether (sulfide) groups is 1. The Morgan fingerprint density at radius 1 is 1.23 bits per heavy atom. The highest BCUT2D eigenvalue weighted by Gasteiger charge is 2.43. The first-order valence-electron chi connectivity index (χ1n) is 7.40. The van der Waals surface area contributed by atoms with E-state index in [4.69, 9.17) is 16.6 Å². The van der Waals surface area contributed by atoms with Gasteiger partial charge in [0.1, 0.15) is 6.04 Å². The van der Waals surface area contributed by atoms with Crippen LogP contribution in [0.4, 0.5) is 0 Å². The third kappa shape index (κ3) is 2.40. The Hall–Kier alpha value is -1.52. The molecule has 3 heterocycles. The molecule has 22 heavy (non-hydrogen) atoms. The standard InChI is InChI=1S/C17H16ClN3S/c1-11-10-21-16(12-5-4-6-13(18)9-12)15(20-17(21)22-11)14-7-2-3-8-19-14/h2-9,11,15-16H,10H2,1H3/t11-,15+,16-/m0/s1. The third-order valence-corrected chi connectivity index (χ3v) is 5.41. The van der Waals surface area contributed by atoms with E-state index in [1.807, 2.05) is 48.3 Å². The minimum atomic E-state index is 0.0367. The number of aromatic nitrogens is 1. The maximum absolute atomic E-state index is 6.21. The van der Waals surface area contributed by atoms with Gasteiger partial charge < -0.3 is 4.90 Å². The van der Waals surface area contributed by atoms with Crippen LogP contribution in [0.3, 0.4) is 0 Å². The monoisotopic (exact) mass is 329 g/mol. The highest BCUT2D eigenvalue weighted by atomic mass is 35.5. The van der Waals surface area contributed by atoms with Gasteiger partial charge in [-0.25, -0.2) is 0 Å². The van der Waals surface area contributed by atoms with Gasteiger partial charge in [-0.05, 0) is 29.8 Å². The van der Waals surface area contributed by atoms with Crippen LogP contribution in [0.15, 0.2) is 53.7 Å². The lowest BCUT2D eigenvalue weighted by Crippen LogP contribution is -2.28. The van der Waals surface area contributed by atoms with Crippen molar-refractivity contribution >= 4 is 28.5 Å². The number of fused-ring (bicyclic) bond motifs is 1. The maximum Gasteiger partial charge on any atom is 0.160 e. The number of hydrogen-bond donors (Lipinski definition) is 0. The van der Waals surface area contributed by atoms with Crippen LogP contribution in [0.5, 0.6) is 0 Å². The van der Waals surface area contributed by atoms with E-state index in [1.54, 1.807) is 0 Å². The summed E-state index contributed by atoms with van der Waals surface area (Å²) in [6.45, 7) is 3.26. The third-order valence-electron chi connectivity index (χ3n) is 4.07. The van der Waals surface area contributed by atoms with Gasteiger partial charge in [-0.2, -0.15) is 0 Å². The molecule has 2 aromatic rings. The second kappa shape index (κ2) is 5.60. The van der Waals surface area contributed by atoms with Gasteiger partial charge in [-0.1, -0.05) is 48.5 Å². The van der Waals surface area contributed by atoms with E-state index in [-0.39, 0.29) is 12.1 Å². The molecule has 2 aliphatic heterocycles. The van der Waals surface area contributed by atoms with Crippen molar-refractivity contribution in [2.75, 3.05) is 6.54 Å². The van der Waals surface area contributed by atoms with Crippen LogP contribution in [0.1, 0.15) is 30.3 Å². The minimum absolute atomic E-state index is 0.0367. The van der Waals surface area contributed by atoms with Crippen LogP contribution in [-0.2, 0) is 0 Å². The Morgan fingerprint density at radius 3 is 2.91 bits per heavy atom. The van der Waals surface area contributed by atoms with Gasteiger partial charge in [-0.15, -0.1) is 0 Å². The van der Waals surface area contributed by atoms with Crippen molar-refractivity contribution < 1.29 is 0 Å². The quantitative estimate of drug-likeness (QED) is 0.821. The Balaban J connectivity index is 1.78. The summed E-state index contributed by atoms with van der Waals surface area (Å²) in [6.07, 6.45) is 1.84. The predicted molar refractivity (Wildman–Crippen MR) is 92.4 cm³/mol. The van der Waals surface area contributed by atoms with Crippen LogP contribution in [0, 0.1) is 0 Å². The molecule has 0 spiro atoms. The topological polar surface area (TPSA) is 28.5 Å².